The molecule has 0 fully saturated rings. The maximum atomic E-state index is 11.8. The van der Waals surface area contributed by atoms with Gasteiger partial charge in [-0.3, -0.25) is 10.2 Å². The van der Waals surface area contributed by atoms with Gasteiger partial charge in [-0.1, -0.05) is 45.4 Å². The molecule has 5 nitrogen and oxygen atoms in total. The Morgan fingerprint density at radius 1 is 1.09 bits per heavy atom. The van der Waals surface area contributed by atoms with E-state index < -0.39 is 0 Å². The third-order valence-electron chi connectivity index (χ3n) is 3.57. The number of amidine groups is 1. The van der Waals surface area contributed by atoms with Crippen LogP contribution in [-0.4, -0.2) is 24.9 Å². The highest BCUT2D eigenvalue weighted by Gasteiger charge is 2.05. The van der Waals surface area contributed by atoms with Gasteiger partial charge in [-0.05, 0) is 30.7 Å². The van der Waals surface area contributed by atoms with Crippen molar-refractivity contribution in [2.75, 3.05) is 13.2 Å². The Morgan fingerprint density at radius 3 is 2.30 bits per heavy atom. The summed E-state index contributed by atoms with van der Waals surface area (Å²) in [4.78, 5) is 11.8. The van der Waals surface area contributed by atoms with Gasteiger partial charge in [0.1, 0.15) is 11.6 Å². The summed E-state index contributed by atoms with van der Waals surface area (Å²) in [6.45, 7) is 3.01. The van der Waals surface area contributed by atoms with Crippen molar-refractivity contribution < 1.29 is 9.53 Å². The number of ether oxygens (including phenoxy) is 1. The molecule has 0 aliphatic rings. The predicted octanol–water partition coefficient (Wildman–Crippen LogP) is 3.48. The van der Waals surface area contributed by atoms with Gasteiger partial charge in [-0.15, -0.1) is 0 Å². The second-order valence-corrected chi connectivity index (χ2v) is 5.70. The van der Waals surface area contributed by atoms with Gasteiger partial charge < -0.3 is 15.8 Å². The van der Waals surface area contributed by atoms with E-state index in [1.165, 1.54) is 38.5 Å². The summed E-state index contributed by atoms with van der Waals surface area (Å²) < 4.78 is 5.68. The second kappa shape index (κ2) is 11.5. The zero-order valence-corrected chi connectivity index (χ0v) is 14.1. The highest BCUT2D eigenvalue weighted by atomic mass is 16.5. The van der Waals surface area contributed by atoms with Gasteiger partial charge in [0.2, 0.25) is 0 Å². The monoisotopic (exact) mass is 319 g/mol. The molecule has 1 amide bonds. The van der Waals surface area contributed by atoms with Crippen LogP contribution in [0.1, 0.15) is 62.2 Å². The molecular formula is C18H29N3O2. The van der Waals surface area contributed by atoms with Crippen LogP contribution in [0.2, 0.25) is 0 Å². The summed E-state index contributed by atoms with van der Waals surface area (Å²) in [6, 6.07) is 7.03. The van der Waals surface area contributed by atoms with Crippen molar-refractivity contribution in [2.24, 2.45) is 5.73 Å². The number of hydrogen-bond acceptors (Lipinski definition) is 3. The third kappa shape index (κ3) is 8.86. The van der Waals surface area contributed by atoms with Crippen LogP contribution in [0.15, 0.2) is 24.3 Å². The molecule has 1 rings (SSSR count). The van der Waals surface area contributed by atoms with Crippen LogP contribution in [0.4, 0.5) is 0 Å². The van der Waals surface area contributed by atoms with E-state index in [9.17, 15) is 4.79 Å². The van der Waals surface area contributed by atoms with E-state index in [4.69, 9.17) is 15.9 Å². The molecule has 128 valence electrons. The number of hydrogen-bond donors (Lipinski definition) is 3. The fourth-order valence-electron chi connectivity index (χ4n) is 2.23. The summed E-state index contributed by atoms with van der Waals surface area (Å²) in [5, 5.41) is 9.65. The van der Waals surface area contributed by atoms with Gasteiger partial charge >= 0.3 is 0 Å². The highest BCUT2D eigenvalue weighted by molar-refractivity contribution is 5.96. The third-order valence-corrected chi connectivity index (χ3v) is 3.57. The SMILES string of the molecule is CCCCCCCCCOc1ccc(C(=O)NCC(=N)N)cc1. The molecule has 0 spiro atoms. The van der Waals surface area contributed by atoms with E-state index in [2.05, 4.69) is 12.2 Å². The van der Waals surface area contributed by atoms with Crippen LogP contribution in [-0.2, 0) is 0 Å². The van der Waals surface area contributed by atoms with Gasteiger partial charge in [0.15, 0.2) is 0 Å². The normalized spacial score (nSPS) is 10.3. The molecule has 4 N–H and O–H groups in total. The fraction of sp³-hybridized carbons (Fsp3) is 0.556. The molecule has 23 heavy (non-hydrogen) atoms. The number of amides is 1. The number of nitrogens with two attached hydrogens (primary N) is 1. The van der Waals surface area contributed by atoms with Crippen molar-refractivity contribution >= 4 is 11.7 Å². The predicted molar refractivity (Wildman–Crippen MR) is 94.2 cm³/mol. The molecule has 1 aromatic carbocycles. The first-order valence-corrected chi connectivity index (χ1v) is 8.47. The number of unbranched alkanes of at least 4 members (excludes halogenated alkanes) is 6. The van der Waals surface area contributed by atoms with E-state index in [-0.39, 0.29) is 18.3 Å². The highest BCUT2D eigenvalue weighted by Crippen LogP contribution is 2.13. The molecule has 5 heteroatoms. The Kier molecular flexibility index (Phi) is 9.52. The molecule has 0 aromatic heterocycles. The summed E-state index contributed by atoms with van der Waals surface area (Å²) in [5.41, 5.74) is 5.74. The summed E-state index contributed by atoms with van der Waals surface area (Å²) in [5.74, 6) is 0.478. The van der Waals surface area contributed by atoms with Gasteiger partial charge in [0.05, 0.1) is 13.2 Å². The van der Waals surface area contributed by atoms with Crippen LogP contribution in [0.25, 0.3) is 0 Å². The molecule has 0 saturated heterocycles. The van der Waals surface area contributed by atoms with E-state index in [0.29, 0.717) is 12.2 Å². The zero-order valence-electron chi connectivity index (χ0n) is 14.1. The van der Waals surface area contributed by atoms with Crippen LogP contribution in [0.5, 0.6) is 5.75 Å². The molecule has 0 aliphatic heterocycles. The lowest BCUT2D eigenvalue weighted by Crippen LogP contribution is -2.32. The van der Waals surface area contributed by atoms with Crippen LogP contribution in [0.3, 0.4) is 0 Å². The molecule has 0 radical (unpaired) electrons. The first-order chi connectivity index (χ1) is 11.1. The maximum Gasteiger partial charge on any atom is 0.251 e. The second-order valence-electron chi connectivity index (χ2n) is 5.70. The Morgan fingerprint density at radius 2 is 1.70 bits per heavy atom. The minimum Gasteiger partial charge on any atom is -0.494 e. The number of nitrogens with one attached hydrogen (secondary N) is 2. The summed E-state index contributed by atoms with van der Waals surface area (Å²) in [6.07, 6.45) is 8.82. The number of rotatable bonds is 12. The van der Waals surface area contributed by atoms with Crippen LogP contribution < -0.4 is 15.8 Å². The molecular weight excluding hydrogens is 290 g/mol. The van der Waals surface area contributed by atoms with Gasteiger partial charge in [-0.2, -0.15) is 0 Å². The van der Waals surface area contributed by atoms with Crippen molar-refractivity contribution in [3.05, 3.63) is 29.8 Å². The molecule has 0 aliphatic carbocycles. The molecule has 0 saturated carbocycles. The first kappa shape index (κ1) is 19.0. The lowest BCUT2D eigenvalue weighted by molar-refractivity contribution is 0.0959. The Hall–Kier alpha value is -2.04. The van der Waals surface area contributed by atoms with Crippen LogP contribution in [0, 0.1) is 5.41 Å². The molecule has 0 unspecified atom stereocenters. The summed E-state index contributed by atoms with van der Waals surface area (Å²) in [7, 11) is 0. The first-order valence-electron chi connectivity index (χ1n) is 8.47. The molecule has 0 bridgehead atoms. The Balaban J connectivity index is 2.18. The van der Waals surface area contributed by atoms with E-state index in [0.717, 1.165) is 12.2 Å². The maximum absolute atomic E-state index is 11.8. The van der Waals surface area contributed by atoms with E-state index in [1.54, 1.807) is 24.3 Å². The summed E-state index contributed by atoms with van der Waals surface area (Å²) >= 11 is 0. The quantitative estimate of drug-likeness (QED) is 0.313. The van der Waals surface area contributed by atoms with Gasteiger partial charge in [0.25, 0.3) is 5.91 Å². The van der Waals surface area contributed by atoms with E-state index in [1.807, 2.05) is 0 Å². The average Bonchev–Trinajstić information content (AvgIpc) is 2.55. The standard InChI is InChI=1S/C18H29N3O2/c1-2-3-4-5-6-7-8-13-23-16-11-9-15(10-12-16)18(22)21-14-17(19)20/h9-12H,2-8,13-14H2,1H3,(H3,19,20)(H,21,22). The average molecular weight is 319 g/mol. The number of carbonyl (C=O) groups excluding carboxylic acids is 1. The smallest absolute Gasteiger partial charge is 0.251 e. The van der Waals surface area contributed by atoms with Gasteiger partial charge in [-0.25, -0.2) is 0 Å². The fourth-order valence-corrected chi connectivity index (χ4v) is 2.23. The number of benzene rings is 1. The lowest BCUT2D eigenvalue weighted by atomic mass is 10.1. The van der Waals surface area contributed by atoms with Crippen molar-refractivity contribution in [3.8, 4) is 5.75 Å². The topological polar surface area (TPSA) is 88.2 Å². The minimum absolute atomic E-state index is 0.0620. The Labute approximate surface area is 139 Å². The van der Waals surface area contributed by atoms with Crippen molar-refractivity contribution in [1.29, 1.82) is 5.41 Å². The Bertz CT molecular complexity index is 472. The van der Waals surface area contributed by atoms with Gasteiger partial charge in [0, 0.05) is 5.56 Å². The van der Waals surface area contributed by atoms with Crippen molar-refractivity contribution in [2.45, 2.75) is 51.9 Å². The van der Waals surface area contributed by atoms with Crippen LogP contribution >= 0.6 is 0 Å². The molecule has 1 aromatic rings. The lowest BCUT2D eigenvalue weighted by Gasteiger charge is -2.08. The number of carbonyl (C=O) groups is 1. The zero-order chi connectivity index (χ0) is 16.9. The largest absolute Gasteiger partial charge is 0.494 e. The molecule has 0 atom stereocenters. The molecule has 0 heterocycles. The van der Waals surface area contributed by atoms with Crippen molar-refractivity contribution in [1.82, 2.24) is 5.32 Å². The van der Waals surface area contributed by atoms with Crippen molar-refractivity contribution in [3.63, 3.8) is 0 Å². The van der Waals surface area contributed by atoms with E-state index >= 15 is 0 Å². The minimum atomic E-state index is -0.237.